The van der Waals surface area contributed by atoms with Crippen LogP contribution < -0.4 is 0 Å². The van der Waals surface area contributed by atoms with E-state index in [9.17, 15) is 10.2 Å². The molecule has 0 radical (unpaired) electrons. The number of benzene rings is 4. The monoisotopic (exact) mass is 446 g/mol. The third-order valence-corrected chi connectivity index (χ3v) is 6.38. The van der Waals surface area contributed by atoms with Crippen molar-refractivity contribution >= 4 is 11.3 Å². The maximum absolute atomic E-state index is 10.0. The number of hydrogen-bond donors (Lipinski definition) is 2. The van der Waals surface area contributed by atoms with E-state index >= 15 is 0 Å². The molecule has 0 aliphatic carbocycles. The van der Waals surface area contributed by atoms with Crippen LogP contribution >= 0.6 is 0 Å². The standard InChI is InChI=1S/C30H26N2O2/c1-20(2)21-8-12-24(13-9-21)30(25-14-18-27(34)19-15-25)28(22-6-4-3-5-7-22)29(31-32-30)23-10-16-26(33)17-11-23/h3-20,33-34H,1-2H3. The van der Waals surface area contributed by atoms with Gasteiger partial charge in [-0.2, -0.15) is 10.2 Å². The van der Waals surface area contributed by atoms with Gasteiger partial charge in [0.25, 0.3) is 0 Å². The highest BCUT2D eigenvalue weighted by Gasteiger charge is 2.45. The van der Waals surface area contributed by atoms with E-state index in [1.807, 2.05) is 42.5 Å². The SMILES string of the molecule is CC(C)c1ccc(C2(c3ccc(O)cc3)N=NC(c3ccc(O)cc3)=C2c2ccccc2)cc1. The molecule has 4 aromatic rings. The number of rotatable bonds is 5. The molecule has 1 aliphatic rings. The van der Waals surface area contributed by atoms with Crippen LogP contribution in [0.25, 0.3) is 11.3 Å². The molecule has 0 aromatic heterocycles. The Kier molecular flexibility index (Phi) is 5.50. The highest BCUT2D eigenvalue weighted by Crippen LogP contribution is 2.53. The van der Waals surface area contributed by atoms with Gasteiger partial charge in [0.2, 0.25) is 0 Å². The smallest absolute Gasteiger partial charge is 0.160 e. The number of nitrogens with zero attached hydrogens (tertiary/aromatic N) is 2. The first kappa shape index (κ1) is 21.7. The number of azo groups is 1. The Labute approximate surface area is 199 Å². The minimum atomic E-state index is -0.891. The first-order chi connectivity index (χ1) is 16.5. The van der Waals surface area contributed by atoms with Crippen molar-refractivity contribution in [3.63, 3.8) is 0 Å². The first-order valence-electron chi connectivity index (χ1n) is 11.4. The van der Waals surface area contributed by atoms with Crippen molar-refractivity contribution in [1.82, 2.24) is 0 Å². The number of phenols is 2. The summed E-state index contributed by atoms with van der Waals surface area (Å²) in [6.45, 7) is 4.36. The van der Waals surface area contributed by atoms with Gasteiger partial charge in [-0.1, -0.05) is 80.6 Å². The van der Waals surface area contributed by atoms with E-state index in [1.165, 1.54) is 5.56 Å². The third-order valence-electron chi connectivity index (χ3n) is 6.38. The largest absolute Gasteiger partial charge is 0.508 e. The lowest BCUT2D eigenvalue weighted by Gasteiger charge is -2.30. The summed E-state index contributed by atoms with van der Waals surface area (Å²) in [4.78, 5) is 0. The van der Waals surface area contributed by atoms with Crippen LogP contribution in [-0.4, -0.2) is 10.2 Å². The lowest BCUT2D eigenvalue weighted by Crippen LogP contribution is -2.25. The summed E-state index contributed by atoms with van der Waals surface area (Å²) in [5.74, 6) is 0.822. The van der Waals surface area contributed by atoms with E-state index in [-0.39, 0.29) is 11.5 Å². The zero-order chi connectivity index (χ0) is 23.7. The molecule has 2 N–H and O–H groups in total. The molecule has 0 bridgehead atoms. The van der Waals surface area contributed by atoms with Crippen molar-refractivity contribution in [2.45, 2.75) is 25.3 Å². The molecule has 1 atom stereocenters. The number of aromatic hydroxyl groups is 2. The van der Waals surface area contributed by atoms with Crippen molar-refractivity contribution in [2.75, 3.05) is 0 Å². The van der Waals surface area contributed by atoms with E-state index in [4.69, 9.17) is 10.2 Å². The summed E-state index contributed by atoms with van der Waals surface area (Å²) in [5.41, 5.74) is 5.88. The second-order valence-corrected chi connectivity index (χ2v) is 8.87. The molecule has 168 valence electrons. The van der Waals surface area contributed by atoms with Crippen LogP contribution in [0, 0.1) is 0 Å². The fourth-order valence-corrected chi connectivity index (χ4v) is 4.55. The van der Waals surface area contributed by atoms with Crippen molar-refractivity contribution in [3.8, 4) is 11.5 Å². The van der Waals surface area contributed by atoms with E-state index < -0.39 is 5.54 Å². The molecule has 4 nitrogen and oxygen atoms in total. The van der Waals surface area contributed by atoms with Crippen LogP contribution in [0.5, 0.6) is 11.5 Å². The summed E-state index contributed by atoms with van der Waals surface area (Å²) in [7, 11) is 0. The molecule has 0 spiro atoms. The average Bonchev–Trinajstić information content (AvgIpc) is 3.27. The molecule has 1 heterocycles. The fourth-order valence-electron chi connectivity index (χ4n) is 4.55. The Hall–Kier alpha value is -4.18. The van der Waals surface area contributed by atoms with Gasteiger partial charge in [-0.3, -0.25) is 0 Å². The van der Waals surface area contributed by atoms with Gasteiger partial charge in [0.1, 0.15) is 11.5 Å². The highest BCUT2D eigenvalue weighted by atomic mass is 16.3. The Morgan fingerprint density at radius 3 is 1.71 bits per heavy atom. The topological polar surface area (TPSA) is 65.2 Å². The van der Waals surface area contributed by atoms with E-state index in [0.717, 1.165) is 33.5 Å². The Morgan fingerprint density at radius 1 is 0.618 bits per heavy atom. The maximum Gasteiger partial charge on any atom is 0.160 e. The van der Waals surface area contributed by atoms with Gasteiger partial charge in [0, 0.05) is 11.1 Å². The van der Waals surface area contributed by atoms with Crippen LogP contribution in [0.2, 0.25) is 0 Å². The fraction of sp³-hybridized carbons (Fsp3) is 0.133. The van der Waals surface area contributed by atoms with Crippen molar-refractivity contribution in [2.24, 2.45) is 10.2 Å². The quantitative estimate of drug-likeness (QED) is 0.333. The molecule has 1 unspecified atom stereocenters. The summed E-state index contributed by atoms with van der Waals surface area (Å²) in [6.07, 6.45) is 0. The summed E-state index contributed by atoms with van der Waals surface area (Å²) >= 11 is 0. The first-order valence-corrected chi connectivity index (χ1v) is 11.4. The predicted molar refractivity (Wildman–Crippen MR) is 136 cm³/mol. The van der Waals surface area contributed by atoms with E-state index in [2.05, 4.69) is 50.2 Å². The van der Waals surface area contributed by atoms with Gasteiger partial charge in [-0.05, 0) is 64.6 Å². The molecule has 0 saturated carbocycles. The summed E-state index contributed by atoms with van der Waals surface area (Å²) in [6, 6.07) is 33.0. The number of phenolic OH excluding ortho intramolecular Hbond substituents is 2. The van der Waals surface area contributed by atoms with Crippen molar-refractivity contribution in [3.05, 3.63) is 131 Å². The van der Waals surface area contributed by atoms with Gasteiger partial charge in [-0.15, -0.1) is 0 Å². The highest BCUT2D eigenvalue weighted by molar-refractivity contribution is 5.98. The van der Waals surface area contributed by atoms with Crippen LogP contribution in [0.15, 0.2) is 113 Å². The second kappa shape index (κ2) is 8.64. The van der Waals surface area contributed by atoms with Crippen LogP contribution in [0.3, 0.4) is 0 Å². The summed E-state index contributed by atoms with van der Waals surface area (Å²) < 4.78 is 0. The zero-order valence-corrected chi connectivity index (χ0v) is 19.2. The summed E-state index contributed by atoms with van der Waals surface area (Å²) in [5, 5.41) is 29.5. The van der Waals surface area contributed by atoms with Crippen molar-refractivity contribution < 1.29 is 10.2 Å². The molecule has 0 saturated heterocycles. The second-order valence-electron chi connectivity index (χ2n) is 8.87. The predicted octanol–water partition coefficient (Wildman–Crippen LogP) is 7.50. The average molecular weight is 447 g/mol. The lowest BCUT2D eigenvalue weighted by molar-refractivity contribution is 0.474. The minimum absolute atomic E-state index is 0.202. The molecule has 34 heavy (non-hydrogen) atoms. The van der Waals surface area contributed by atoms with Gasteiger partial charge < -0.3 is 10.2 Å². The Morgan fingerprint density at radius 2 is 1.15 bits per heavy atom. The van der Waals surface area contributed by atoms with Crippen LogP contribution in [-0.2, 0) is 5.54 Å². The van der Waals surface area contributed by atoms with Gasteiger partial charge in [0.05, 0.1) is 5.70 Å². The maximum atomic E-state index is 10.0. The zero-order valence-electron chi connectivity index (χ0n) is 19.2. The van der Waals surface area contributed by atoms with Gasteiger partial charge >= 0.3 is 0 Å². The minimum Gasteiger partial charge on any atom is -0.508 e. The third kappa shape index (κ3) is 3.67. The molecule has 5 rings (SSSR count). The van der Waals surface area contributed by atoms with Crippen LogP contribution in [0.4, 0.5) is 0 Å². The molecule has 4 heteroatoms. The molecular formula is C30H26N2O2. The van der Waals surface area contributed by atoms with E-state index in [0.29, 0.717) is 5.92 Å². The van der Waals surface area contributed by atoms with Gasteiger partial charge in [0.15, 0.2) is 5.54 Å². The van der Waals surface area contributed by atoms with E-state index in [1.54, 1.807) is 24.3 Å². The molecule has 1 aliphatic heterocycles. The van der Waals surface area contributed by atoms with Crippen LogP contribution in [0.1, 0.15) is 47.6 Å². The normalized spacial score (nSPS) is 17.5. The number of hydrogen-bond acceptors (Lipinski definition) is 4. The molecule has 4 aromatic carbocycles. The lowest BCUT2D eigenvalue weighted by atomic mass is 9.73. The van der Waals surface area contributed by atoms with Gasteiger partial charge in [-0.25, -0.2) is 0 Å². The van der Waals surface area contributed by atoms with Crippen molar-refractivity contribution in [1.29, 1.82) is 0 Å². The Balaban J connectivity index is 1.83. The Bertz CT molecular complexity index is 1350. The molecule has 0 fully saturated rings. The molecular weight excluding hydrogens is 420 g/mol. The molecule has 0 amide bonds.